The van der Waals surface area contributed by atoms with Crippen molar-refractivity contribution in [3.05, 3.63) is 95.6 Å². The Hall–Kier alpha value is -3.52. The van der Waals surface area contributed by atoms with E-state index in [4.69, 9.17) is 0 Å². The van der Waals surface area contributed by atoms with E-state index in [1.807, 2.05) is 0 Å². The van der Waals surface area contributed by atoms with E-state index in [0.29, 0.717) is 0 Å². The van der Waals surface area contributed by atoms with E-state index in [2.05, 4.69) is 109 Å². The number of hydrogen-bond donors (Lipinski definition) is 0. The number of hydrogen-bond acceptors (Lipinski definition) is 0. The third-order valence-corrected chi connectivity index (χ3v) is 6.78. The largest absolute Gasteiger partial charge is 0.343 e. The maximum Gasteiger partial charge on any atom is 0.0534 e. The molecule has 0 unspecified atom stereocenters. The highest BCUT2D eigenvalue weighted by molar-refractivity contribution is 6.29. The van der Waals surface area contributed by atoms with Gasteiger partial charge in [0.05, 0.1) is 11.0 Å². The van der Waals surface area contributed by atoms with Gasteiger partial charge in [-0.15, -0.1) is 0 Å². The molecule has 30 heavy (non-hydrogen) atoms. The molecule has 0 radical (unpaired) electrons. The molecule has 0 atom stereocenters. The van der Waals surface area contributed by atoms with Crippen molar-refractivity contribution in [3.8, 4) is 0 Å². The molecule has 0 fully saturated rings. The van der Waals surface area contributed by atoms with Gasteiger partial charge in [0, 0.05) is 46.2 Å². The summed E-state index contributed by atoms with van der Waals surface area (Å²) in [4.78, 5) is 0. The normalized spacial score (nSPS) is 12.0. The monoisotopic (exact) mass is 388 g/mol. The van der Waals surface area contributed by atoms with E-state index in [1.165, 1.54) is 60.3 Å². The highest BCUT2D eigenvalue weighted by Crippen LogP contribution is 2.43. The molecule has 0 spiro atoms. The van der Waals surface area contributed by atoms with Gasteiger partial charge in [0.25, 0.3) is 0 Å². The number of aromatic nitrogens is 2. The first-order chi connectivity index (χ1) is 14.7. The van der Waals surface area contributed by atoms with Crippen LogP contribution in [0.15, 0.2) is 78.9 Å². The molecule has 0 aliphatic carbocycles. The van der Waals surface area contributed by atoms with E-state index in [-0.39, 0.29) is 0 Å². The lowest BCUT2D eigenvalue weighted by Crippen LogP contribution is -2.01. The number of nitrogens with zero attached hydrogens (tertiary/aromatic N) is 2. The SMILES string of the molecule is Cc1c(C)c2c(c3ccccc3n2Cc2ccccc2)c2c3ccccc3n(C)c12. The lowest BCUT2D eigenvalue weighted by molar-refractivity contribution is 0.865. The molecular formula is C28H24N2. The van der Waals surface area contributed by atoms with Crippen LogP contribution in [0.25, 0.3) is 43.6 Å². The second-order valence-corrected chi connectivity index (χ2v) is 8.36. The zero-order chi connectivity index (χ0) is 20.4. The summed E-state index contributed by atoms with van der Waals surface area (Å²) in [5.41, 5.74) is 9.38. The molecule has 0 saturated carbocycles. The van der Waals surface area contributed by atoms with E-state index >= 15 is 0 Å². The van der Waals surface area contributed by atoms with Crippen molar-refractivity contribution in [1.82, 2.24) is 9.13 Å². The first kappa shape index (κ1) is 17.3. The molecule has 2 aromatic heterocycles. The van der Waals surface area contributed by atoms with Gasteiger partial charge in [0.2, 0.25) is 0 Å². The third-order valence-electron chi connectivity index (χ3n) is 6.78. The molecule has 146 valence electrons. The zero-order valence-corrected chi connectivity index (χ0v) is 17.6. The fourth-order valence-corrected chi connectivity index (χ4v) is 5.32. The number of rotatable bonds is 2. The summed E-state index contributed by atoms with van der Waals surface area (Å²) in [5, 5.41) is 5.45. The summed E-state index contributed by atoms with van der Waals surface area (Å²) in [5.74, 6) is 0. The summed E-state index contributed by atoms with van der Waals surface area (Å²) >= 11 is 0. The van der Waals surface area contributed by atoms with Crippen molar-refractivity contribution in [2.45, 2.75) is 20.4 Å². The number of fused-ring (bicyclic) bond motifs is 7. The molecule has 2 heterocycles. The Labute approximate surface area is 176 Å². The summed E-state index contributed by atoms with van der Waals surface area (Å²) in [6.07, 6.45) is 0. The minimum absolute atomic E-state index is 0.876. The molecular weight excluding hydrogens is 364 g/mol. The fraction of sp³-hybridized carbons (Fsp3) is 0.143. The second-order valence-electron chi connectivity index (χ2n) is 8.36. The number of para-hydroxylation sites is 2. The van der Waals surface area contributed by atoms with Gasteiger partial charge in [-0.25, -0.2) is 0 Å². The first-order valence-corrected chi connectivity index (χ1v) is 10.6. The average molecular weight is 389 g/mol. The summed E-state index contributed by atoms with van der Waals surface area (Å²) < 4.78 is 4.89. The van der Waals surface area contributed by atoms with E-state index in [0.717, 1.165) is 6.54 Å². The van der Waals surface area contributed by atoms with E-state index < -0.39 is 0 Å². The van der Waals surface area contributed by atoms with Gasteiger partial charge in [-0.05, 0) is 42.7 Å². The molecule has 0 aliphatic rings. The van der Waals surface area contributed by atoms with Gasteiger partial charge in [-0.1, -0.05) is 66.7 Å². The lowest BCUT2D eigenvalue weighted by Gasteiger charge is -2.13. The lowest BCUT2D eigenvalue weighted by atomic mass is 9.98. The molecule has 0 N–H and O–H groups in total. The van der Waals surface area contributed by atoms with Gasteiger partial charge in [-0.3, -0.25) is 0 Å². The topological polar surface area (TPSA) is 9.86 Å². The zero-order valence-electron chi connectivity index (χ0n) is 17.6. The average Bonchev–Trinajstić information content (AvgIpc) is 3.26. The van der Waals surface area contributed by atoms with Crippen LogP contribution in [0.3, 0.4) is 0 Å². The van der Waals surface area contributed by atoms with Crippen molar-refractivity contribution in [3.63, 3.8) is 0 Å². The van der Waals surface area contributed by atoms with Crippen LogP contribution in [-0.4, -0.2) is 9.13 Å². The number of aryl methyl sites for hydroxylation is 3. The van der Waals surface area contributed by atoms with Crippen LogP contribution in [0.2, 0.25) is 0 Å². The maximum atomic E-state index is 2.52. The Bertz CT molecular complexity index is 1580. The Morgan fingerprint density at radius 1 is 0.600 bits per heavy atom. The summed E-state index contributed by atoms with van der Waals surface area (Å²) in [6.45, 7) is 5.44. The minimum atomic E-state index is 0.876. The van der Waals surface area contributed by atoms with Gasteiger partial charge < -0.3 is 9.13 Å². The standard InChI is InChI=1S/C28H24N2/c1-18-19(2)28-26(25-21-13-7-9-15-23(21)29(3)27(18)25)22-14-8-10-16-24(22)30(28)17-20-11-5-4-6-12-20/h4-16H,17H2,1-3H3. The van der Waals surface area contributed by atoms with Crippen molar-refractivity contribution in [2.24, 2.45) is 7.05 Å². The van der Waals surface area contributed by atoms with Crippen molar-refractivity contribution in [1.29, 1.82) is 0 Å². The molecule has 2 nitrogen and oxygen atoms in total. The molecule has 4 aromatic carbocycles. The summed E-state index contributed by atoms with van der Waals surface area (Å²) in [7, 11) is 2.20. The Balaban J connectivity index is 1.88. The second kappa shape index (κ2) is 6.24. The number of benzene rings is 4. The van der Waals surface area contributed by atoms with Crippen molar-refractivity contribution < 1.29 is 0 Å². The van der Waals surface area contributed by atoms with Gasteiger partial charge in [0.15, 0.2) is 0 Å². The Morgan fingerprint density at radius 3 is 1.87 bits per heavy atom. The van der Waals surface area contributed by atoms with Gasteiger partial charge >= 0.3 is 0 Å². The molecule has 6 aromatic rings. The van der Waals surface area contributed by atoms with Crippen LogP contribution in [0, 0.1) is 13.8 Å². The maximum absolute atomic E-state index is 2.52. The highest BCUT2D eigenvalue weighted by atomic mass is 15.0. The fourth-order valence-electron chi connectivity index (χ4n) is 5.32. The van der Waals surface area contributed by atoms with Crippen LogP contribution in [0.5, 0.6) is 0 Å². The van der Waals surface area contributed by atoms with Gasteiger partial charge in [-0.2, -0.15) is 0 Å². The highest BCUT2D eigenvalue weighted by Gasteiger charge is 2.22. The van der Waals surface area contributed by atoms with Crippen LogP contribution in [0.4, 0.5) is 0 Å². The molecule has 0 saturated heterocycles. The third kappa shape index (κ3) is 2.19. The van der Waals surface area contributed by atoms with Crippen LogP contribution in [0.1, 0.15) is 16.7 Å². The first-order valence-electron chi connectivity index (χ1n) is 10.6. The van der Waals surface area contributed by atoms with Crippen LogP contribution in [-0.2, 0) is 13.6 Å². The van der Waals surface area contributed by atoms with E-state index in [1.54, 1.807) is 0 Å². The Morgan fingerprint density at radius 2 is 1.13 bits per heavy atom. The van der Waals surface area contributed by atoms with Gasteiger partial charge in [0.1, 0.15) is 0 Å². The van der Waals surface area contributed by atoms with Crippen LogP contribution >= 0.6 is 0 Å². The molecule has 2 heteroatoms. The predicted octanol–water partition coefficient (Wildman–Crippen LogP) is 7.10. The van der Waals surface area contributed by atoms with Crippen LogP contribution < -0.4 is 0 Å². The smallest absolute Gasteiger partial charge is 0.0534 e. The molecule has 6 rings (SSSR count). The quantitative estimate of drug-likeness (QED) is 0.299. The predicted molar refractivity (Wildman–Crippen MR) is 128 cm³/mol. The molecule has 0 bridgehead atoms. The summed E-state index contributed by atoms with van der Waals surface area (Å²) in [6, 6.07) is 28.5. The Kier molecular flexibility index (Phi) is 3.61. The van der Waals surface area contributed by atoms with E-state index in [9.17, 15) is 0 Å². The van der Waals surface area contributed by atoms with Crippen molar-refractivity contribution >= 4 is 43.6 Å². The molecule has 0 aliphatic heterocycles. The van der Waals surface area contributed by atoms with Crippen molar-refractivity contribution in [2.75, 3.05) is 0 Å². The molecule has 0 amide bonds. The minimum Gasteiger partial charge on any atom is -0.343 e.